The van der Waals surface area contributed by atoms with Gasteiger partial charge in [-0.3, -0.25) is 4.52 Å². The van der Waals surface area contributed by atoms with Crippen molar-refractivity contribution in [2.75, 3.05) is 6.61 Å². The summed E-state index contributed by atoms with van der Waals surface area (Å²) in [6, 6.07) is -0.811. The molecule has 1 heterocycles. The van der Waals surface area contributed by atoms with Gasteiger partial charge in [-0.1, -0.05) is 0 Å². The Balaban J connectivity index is 2.56. The molecule has 0 aromatic carbocycles. The molecule has 0 aromatic heterocycles. The minimum Gasteiger partial charge on any atom is -0.390 e. The molecule has 21 heavy (non-hydrogen) atoms. The maximum absolute atomic E-state index is 11.3. The Morgan fingerprint density at radius 2 is 1.67 bits per heavy atom. The van der Waals surface area contributed by atoms with Gasteiger partial charge >= 0.3 is 23.5 Å². The molecule has 1 rings (SSSR count). The third kappa shape index (κ3) is 7.47. The van der Waals surface area contributed by atoms with Crippen LogP contribution in [0.25, 0.3) is 0 Å². The second-order valence-electron chi connectivity index (χ2n) is 3.90. The average Bonchev–Trinajstić information content (AvgIpc) is 2.48. The summed E-state index contributed by atoms with van der Waals surface area (Å²) in [7, 11) is -10.9. The van der Waals surface area contributed by atoms with Crippen molar-refractivity contribution in [1.82, 2.24) is 0 Å². The quantitative estimate of drug-likeness (QED) is 0.272. The second-order valence-corrected chi connectivity index (χ2v) is 8.32. The fourth-order valence-corrected chi connectivity index (χ4v) is 4.41. The van der Waals surface area contributed by atoms with Crippen molar-refractivity contribution in [3.8, 4) is 0 Å². The molecule has 0 bridgehead atoms. The lowest BCUT2D eigenvalue weighted by molar-refractivity contribution is -0.00418. The number of rotatable bonds is 7. The third-order valence-electron chi connectivity index (χ3n) is 2.07. The van der Waals surface area contributed by atoms with Gasteiger partial charge in [-0.25, -0.2) is 13.7 Å². The molecule has 12 nitrogen and oxygen atoms in total. The highest BCUT2D eigenvalue weighted by Crippen LogP contribution is 2.66. The van der Waals surface area contributed by atoms with Crippen molar-refractivity contribution in [3.05, 3.63) is 0 Å². The molecule has 1 aliphatic heterocycles. The van der Waals surface area contributed by atoms with E-state index in [1.54, 1.807) is 0 Å². The maximum atomic E-state index is 11.3. The van der Waals surface area contributed by atoms with Crippen LogP contribution in [-0.4, -0.2) is 57.3 Å². The molecule has 16 heteroatoms. The second kappa shape index (κ2) is 6.88. The standard InChI is InChI=1S/C5H12BO12P3/c6-5-1-3(7)4(16-5)2-15-20(11,12)18-21(13,14)17-19(8,9)10/h3-5,7H,1-2H2,(H,11,12)(H,13,14)(H2,8,9,10). The predicted molar refractivity (Wildman–Crippen MR) is 64.9 cm³/mol. The van der Waals surface area contributed by atoms with Crippen LogP contribution in [0.5, 0.6) is 0 Å². The van der Waals surface area contributed by atoms with E-state index in [0.717, 1.165) is 0 Å². The van der Waals surface area contributed by atoms with Crippen LogP contribution in [0.15, 0.2) is 0 Å². The van der Waals surface area contributed by atoms with Crippen LogP contribution >= 0.6 is 23.5 Å². The van der Waals surface area contributed by atoms with E-state index in [0.29, 0.717) is 0 Å². The molecular weight excluding hydrogens is 356 g/mol. The Morgan fingerprint density at radius 3 is 2.10 bits per heavy atom. The third-order valence-corrected chi connectivity index (χ3v) is 5.87. The van der Waals surface area contributed by atoms with Gasteiger partial charge in [0.15, 0.2) is 0 Å². The highest BCUT2D eigenvalue weighted by molar-refractivity contribution is 7.66. The van der Waals surface area contributed by atoms with Crippen molar-refractivity contribution >= 4 is 31.3 Å². The highest BCUT2D eigenvalue weighted by atomic mass is 31.3. The number of aliphatic hydroxyl groups excluding tert-OH is 1. The van der Waals surface area contributed by atoms with E-state index in [1.807, 2.05) is 0 Å². The lowest BCUT2D eigenvalue weighted by atomic mass is 9.96. The SMILES string of the molecule is [B]C1CC(O)C(COP(=O)(O)OP(=O)(O)OP(=O)(O)O)O1. The number of hydrogen-bond donors (Lipinski definition) is 5. The Labute approximate surface area is 119 Å². The minimum atomic E-state index is -5.55. The molecule has 0 amide bonds. The van der Waals surface area contributed by atoms with Gasteiger partial charge in [-0.15, -0.1) is 0 Å². The Kier molecular flexibility index (Phi) is 6.37. The van der Waals surface area contributed by atoms with E-state index < -0.39 is 48.3 Å². The molecule has 2 radical (unpaired) electrons. The average molecular weight is 368 g/mol. The van der Waals surface area contributed by atoms with Crippen molar-refractivity contribution in [3.63, 3.8) is 0 Å². The Bertz CT molecular complexity index is 503. The van der Waals surface area contributed by atoms with Gasteiger partial charge in [0.25, 0.3) is 0 Å². The molecule has 0 saturated carbocycles. The molecule has 0 aromatic rings. The first kappa shape index (κ1) is 19.4. The Hall–Kier alpha value is 0.395. The van der Waals surface area contributed by atoms with Crippen LogP contribution in [0.2, 0.25) is 0 Å². The van der Waals surface area contributed by atoms with E-state index in [1.165, 1.54) is 0 Å². The lowest BCUT2D eigenvalue weighted by Gasteiger charge is -2.19. The lowest BCUT2D eigenvalue weighted by Crippen LogP contribution is -2.26. The van der Waals surface area contributed by atoms with E-state index in [2.05, 4.69) is 13.1 Å². The monoisotopic (exact) mass is 368 g/mol. The summed E-state index contributed by atoms with van der Waals surface area (Å²) >= 11 is 0. The zero-order chi connectivity index (χ0) is 16.5. The number of aliphatic hydroxyl groups is 1. The first-order valence-corrected chi connectivity index (χ1v) is 9.69. The van der Waals surface area contributed by atoms with Crippen LogP contribution in [-0.2, 0) is 31.6 Å². The first-order valence-electron chi connectivity index (χ1n) is 5.17. The van der Waals surface area contributed by atoms with Crippen LogP contribution in [0.1, 0.15) is 6.42 Å². The van der Waals surface area contributed by atoms with E-state index in [-0.39, 0.29) is 6.42 Å². The molecule has 0 aliphatic carbocycles. The van der Waals surface area contributed by atoms with E-state index >= 15 is 0 Å². The number of ether oxygens (including phenoxy) is 1. The van der Waals surface area contributed by atoms with Gasteiger partial charge in [-0.2, -0.15) is 8.62 Å². The van der Waals surface area contributed by atoms with Gasteiger partial charge < -0.3 is 29.4 Å². The predicted octanol–water partition coefficient (Wildman–Crippen LogP) is -1.03. The van der Waals surface area contributed by atoms with Crippen molar-refractivity contribution in [2.24, 2.45) is 0 Å². The smallest absolute Gasteiger partial charge is 0.390 e. The summed E-state index contributed by atoms with van der Waals surface area (Å²) < 4.78 is 48.9. The normalized spacial score (nSPS) is 32.5. The zero-order valence-electron chi connectivity index (χ0n) is 10.2. The minimum absolute atomic E-state index is 0.0461. The summed E-state index contributed by atoms with van der Waals surface area (Å²) in [5, 5.41) is 9.41. The van der Waals surface area contributed by atoms with E-state index in [4.69, 9.17) is 32.2 Å². The largest absolute Gasteiger partial charge is 0.490 e. The van der Waals surface area contributed by atoms with Gasteiger partial charge in [0, 0.05) is 6.00 Å². The zero-order valence-corrected chi connectivity index (χ0v) is 12.8. The van der Waals surface area contributed by atoms with Gasteiger partial charge in [-0.05, 0) is 6.42 Å². The van der Waals surface area contributed by atoms with Crippen LogP contribution < -0.4 is 0 Å². The summed E-state index contributed by atoms with van der Waals surface area (Å²) in [6.45, 7) is -0.724. The van der Waals surface area contributed by atoms with Gasteiger partial charge in [0.2, 0.25) is 0 Å². The number of phosphoric ester groups is 1. The van der Waals surface area contributed by atoms with E-state index in [9.17, 15) is 18.8 Å². The first-order chi connectivity index (χ1) is 9.30. The molecule has 122 valence electrons. The number of hydrogen-bond acceptors (Lipinski definition) is 8. The summed E-state index contributed by atoms with van der Waals surface area (Å²) in [6.07, 6.45) is -2.12. The maximum Gasteiger partial charge on any atom is 0.490 e. The van der Waals surface area contributed by atoms with Gasteiger partial charge in [0.05, 0.1) is 12.7 Å². The van der Waals surface area contributed by atoms with Crippen LogP contribution in [0, 0.1) is 0 Å². The Morgan fingerprint density at radius 1 is 1.10 bits per heavy atom. The molecule has 1 fully saturated rings. The van der Waals surface area contributed by atoms with Crippen molar-refractivity contribution < 1.29 is 56.3 Å². The fourth-order valence-electron chi connectivity index (χ4n) is 1.38. The summed E-state index contributed by atoms with van der Waals surface area (Å²) in [5.74, 6) is 0. The highest BCUT2D eigenvalue weighted by Gasteiger charge is 2.42. The summed E-state index contributed by atoms with van der Waals surface area (Å²) in [4.78, 5) is 34.6. The topological polar surface area (TPSA) is 189 Å². The molecule has 0 spiro atoms. The number of phosphoric acid groups is 3. The van der Waals surface area contributed by atoms with Gasteiger partial charge in [0.1, 0.15) is 14.0 Å². The molecule has 1 aliphatic rings. The molecular formula is C5H12BO12P3. The van der Waals surface area contributed by atoms with Crippen molar-refractivity contribution in [1.29, 1.82) is 0 Å². The molecule has 5 unspecified atom stereocenters. The van der Waals surface area contributed by atoms with Crippen molar-refractivity contribution in [2.45, 2.75) is 24.6 Å². The molecule has 5 N–H and O–H groups in total. The van der Waals surface area contributed by atoms with Crippen LogP contribution in [0.3, 0.4) is 0 Å². The summed E-state index contributed by atoms with van der Waals surface area (Å²) in [5.41, 5.74) is 0. The van der Waals surface area contributed by atoms with Crippen LogP contribution in [0.4, 0.5) is 0 Å². The molecule has 1 saturated heterocycles. The molecule has 5 atom stereocenters. The fraction of sp³-hybridized carbons (Fsp3) is 1.00.